The van der Waals surface area contributed by atoms with E-state index < -0.39 is 0 Å². The first-order chi connectivity index (χ1) is 14.1. The van der Waals surface area contributed by atoms with Crippen LogP contribution in [0.25, 0.3) is 0 Å². The highest BCUT2D eigenvalue weighted by Gasteiger charge is 2.21. The van der Waals surface area contributed by atoms with Gasteiger partial charge >= 0.3 is 0 Å². The quantitative estimate of drug-likeness (QED) is 0.336. The Morgan fingerprint density at radius 2 is 1.83 bits per heavy atom. The molecule has 2 heterocycles. The molecular formula is C23H38IN5O. The zero-order valence-corrected chi connectivity index (χ0v) is 21.0. The van der Waals surface area contributed by atoms with E-state index >= 15 is 0 Å². The maximum absolute atomic E-state index is 12.1. The number of anilines is 1. The van der Waals surface area contributed by atoms with Gasteiger partial charge < -0.3 is 20.4 Å². The highest BCUT2D eigenvalue weighted by Crippen LogP contribution is 2.21. The van der Waals surface area contributed by atoms with Gasteiger partial charge in [-0.1, -0.05) is 12.1 Å². The number of nitrogens with one attached hydrogen (secondary N) is 2. The molecule has 2 aliphatic rings. The van der Waals surface area contributed by atoms with Crippen LogP contribution in [0.3, 0.4) is 0 Å². The fraction of sp³-hybridized carbons (Fsp3) is 0.652. The van der Waals surface area contributed by atoms with E-state index in [9.17, 15) is 4.79 Å². The first-order valence-corrected chi connectivity index (χ1v) is 11.2. The maximum Gasteiger partial charge on any atom is 0.226 e. The monoisotopic (exact) mass is 527 g/mol. The van der Waals surface area contributed by atoms with Gasteiger partial charge in [0.15, 0.2) is 5.96 Å². The third kappa shape index (κ3) is 7.11. The van der Waals surface area contributed by atoms with Crippen molar-refractivity contribution in [3.05, 3.63) is 29.8 Å². The van der Waals surface area contributed by atoms with Crippen LogP contribution in [-0.4, -0.2) is 55.0 Å². The molecule has 168 valence electrons. The number of guanidine groups is 1. The zero-order valence-electron chi connectivity index (χ0n) is 18.7. The van der Waals surface area contributed by atoms with Gasteiger partial charge in [0, 0.05) is 50.4 Å². The number of hydrogen-bond acceptors (Lipinski definition) is 3. The van der Waals surface area contributed by atoms with Crippen LogP contribution in [0.2, 0.25) is 0 Å². The number of likely N-dealkylation sites (tertiary alicyclic amines) is 1. The Kier molecular flexibility index (Phi) is 10.4. The lowest BCUT2D eigenvalue weighted by Gasteiger charge is -2.35. The number of carbonyl (C=O) groups is 1. The molecule has 1 aromatic rings. The van der Waals surface area contributed by atoms with Crippen LogP contribution in [0.4, 0.5) is 5.69 Å². The van der Waals surface area contributed by atoms with Crippen molar-refractivity contribution in [2.75, 3.05) is 31.1 Å². The summed E-state index contributed by atoms with van der Waals surface area (Å²) in [5, 5.41) is 6.99. The fourth-order valence-electron chi connectivity index (χ4n) is 4.10. The van der Waals surface area contributed by atoms with E-state index in [4.69, 9.17) is 4.99 Å². The molecule has 0 bridgehead atoms. The van der Waals surface area contributed by atoms with E-state index in [0.717, 1.165) is 69.1 Å². The molecular weight excluding hydrogens is 489 g/mol. The van der Waals surface area contributed by atoms with Gasteiger partial charge in [0.1, 0.15) is 0 Å². The van der Waals surface area contributed by atoms with E-state index in [1.54, 1.807) is 0 Å². The highest BCUT2D eigenvalue weighted by atomic mass is 127. The number of benzene rings is 1. The van der Waals surface area contributed by atoms with Crippen molar-refractivity contribution in [2.24, 2.45) is 4.99 Å². The van der Waals surface area contributed by atoms with Gasteiger partial charge in [-0.3, -0.25) is 4.79 Å². The lowest BCUT2D eigenvalue weighted by atomic mass is 10.0. The Hall–Kier alpha value is -1.35. The molecule has 2 fully saturated rings. The third-order valence-electron chi connectivity index (χ3n) is 5.94. The summed E-state index contributed by atoms with van der Waals surface area (Å²) in [6.07, 6.45) is 5.08. The molecule has 2 aliphatic heterocycles. The summed E-state index contributed by atoms with van der Waals surface area (Å²) in [5.41, 5.74) is 2.16. The predicted octanol–water partition coefficient (Wildman–Crippen LogP) is 3.75. The Morgan fingerprint density at radius 1 is 1.13 bits per heavy atom. The highest BCUT2D eigenvalue weighted by molar-refractivity contribution is 14.0. The molecule has 2 N–H and O–H groups in total. The number of amides is 1. The number of piperidine rings is 2. The van der Waals surface area contributed by atoms with Crippen LogP contribution in [0.1, 0.15) is 58.4 Å². The lowest BCUT2D eigenvalue weighted by molar-refractivity contribution is -0.119. The van der Waals surface area contributed by atoms with Crippen LogP contribution >= 0.6 is 24.0 Å². The van der Waals surface area contributed by atoms with E-state index in [-0.39, 0.29) is 29.9 Å². The summed E-state index contributed by atoms with van der Waals surface area (Å²) < 4.78 is 0. The van der Waals surface area contributed by atoms with Gasteiger partial charge in [0.2, 0.25) is 5.91 Å². The molecule has 0 radical (unpaired) electrons. The van der Waals surface area contributed by atoms with Gasteiger partial charge in [-0.25, -0.2) is 4.99 Å². The molecule has 1 aromatic carbocycles. The standard InChI is InChI=1S/C23H37N5O.HI/c1-4-24-23(26-20-12-15-27(16-13-20)18(2)3)25-17-19-8-10-21(11-9-19)28-14-6-5-7-22(28)29;/h8-11,18,20H,4-7,12-17H2,1-3H3,(H2,24,25,26);1H. The summed E-state index contributed by atoms with van der Waals surface area (Å²) in [6, 6.07) is 9.39. The molecule has 7 heteroatoms. The van der Waals surface area contributed by atoms with Gasteiger partial charge in [0.05, 0.1) is 6.54 Å². The van der Waals surface area contributed by atoms with Crippen molar-refractivity contribution >= 4 is 41.5 Å². The molecule has 0 atom stereocenters. The zero-order chi connectivity index (χ0) is 20.6. The molecule has 0 saturated carbocycles. The first-order valence-electron chi connectivity index (χ1n) is 11.2. The minimum atomic E-state index is 0. The third-order valence-corrected chi connectivity index (χ3v) is 5.94. The summed E-state index contributed by atoms with van der Waals surface area (Å²) in [6.45, 7) is 11.2. The van der Waals surface area contributed by atoms with Crippen LogP contribution in [0, 0.1) is 0 Å². The molecule has 0 aliphatic carbocycles. The van der Waals surface area contributed by atoms with Crippen LogP contribution in [-0.2, 0) is 11.3 Å². The largest absolute Gasteiger partial charge is 0.357 e. The number of carbonyl (C=O) groups excluding carboxylic acids is 1. The minimum Gasteiger partial charge on any atom is -0.357 e. The molecule has 0 unspecified atom stereocenters. The molecule has 2 saturated heterocycles. The van der Waals surface area contributed by atoms with Gasteiger partial charge in [-0.15, -0.1) is 24.0 Å². The second-order valence-corrected chi connectivity index (χ2v) is 8.41. The van der Waals surface area contributed by atoms with Crippen molar-refractivity contribution in [2.45, 2.75) is 71.5 Å². The van der Waals surface area contributed by atoms with E-state index in [0.29, 0.717) is 25.0 Å². The van der Waals surface area contributed by atoms with E-state index in [2.05, 4.69) is 60.6 Å². The van der Waals surface area contributed by atoms with Crippen molar-refractivity contribution in [3.63, 3.8) is 0 Å². The second kappa shape index (κ2) is 12.5. The number of hydrogen-bond donors (Lipinski definition) is 2. The van der Waals surface area contributed by atoms with Gasteiger partial charge in [-0.2, -0.15) is 0 Å². The molecule has 6 nitrogen and oxygen atoms in total. The number of rotatable bonds is 6. The Balaban J connectivity index is 0.00000320. The molecule has 0 aromatic heterocycles. The van der Waals surface area contributed by atoms with Crippen LogP contribution in [0.15, 0.2) is 29.3 Å². The molecule has 0 spiro atoms. The Labute approximate surface area is 198 Å². The van der Waals surface area contributed by atoms with Crippen molar-refractivity contribution in [3.8, 4) is 0 Å². The maximum atomic E-state index is 12.1. The van der Waals surface area contributed by atoms with Crippen molar-refractivity contribution in [1.29, 1.82) is 0 Å². The molecule has 3 rings (SSSR count). The summed E-state index contributed by atoms with van der Waals surface area (Å²) >= 11 is 0. The molecule has 30 heavy (non-hydrogen) atoms. The number of aliphatic imine (C=N–C) groups is 1. The number of nitrogens with zero attached hydrogens (tertiary/aromatic N) is 3. The fourth-order valence-corrected chi connectivity index (χ4v) is 4.10. The van der Waals surface area contributed by atoms with Crippen molar-refractivity contribution in [1.82, 2.24) is 15.5 Å². The summed E-state index contributed by atoms with van der Waals surface area (Å²) in [7, 11) is 0. The Morgan fingerprint density at radius 3 is 2.43 bits per heavy atom. The average Bonchev–Trinajstić information content (AvgIpc) is 2.73. The van der Waals surface area contributed by atoms with Gasteiger partial charge in [-0.05, 0) is 64.2 Å². The minimum absolute atomic E-state index is 0. The summed E-state index contributed by atoms with van der Waals surface area (Å²) in [4.78, 5) is 21.3. The topological polar surface area (TPSA) is 60.0 Å². The second-order valence-electron chi connectivity index (χ2n) is 8.41. The number of halogens is 1. The van der Waals surface area contributed by atoms with Gasteiger partial charge in [0.25, 0.3) is 0 Å². The van der Waals surface area contributed by atoms with E-state index in [1.165, 1.54) is 0 Å². The van der Waals surface area contributed by atoms with Crippen LogP contribution < -0.4 is 15.5 Å². The normalized spacial score (nSPS) is 19.0. The van der Waals surface area contributed by atoms with Crippen LogP contribution in [0.5, 0.6) is 0 Å². The Bertz CT molecular complexity index is 683. The van der Waals surface area contributed by atoms with E-state index in [1.807, 2.05) is 4.90 Å². The smallest absolute Gasteiger partial charge is 0.226 e. The molecule has 1 amide bonds. The SMILES string of the molecule is CCNC(=NCc1ccc(N2CCCCC2=O)cc1)NC1CCN(C(C)C)CC1.I. The average molecular weight is 527 g/mol. The predicted molar refractivity (Wildman–Crippen MR) is 136 cm³/mol. The summed E-state index contributed by atoms with van der Waals surface area (Å²) in [5.74, 6) is 1.13. The van der Waals surface area contributed by atoms with Crippen molar-refractivity contribution < 1.29 is 4.79 Å². The first kappa shape index (κ1) is 24.9. The lowest BCUT2D eigenvalue weighted by Crippen LogP contribution is -2.49.